The number of aliphatic imine (C=N–C) groups is 1. The fraction of sp³-hybridized carbons (Fsp3) is 0.382. The molecule has 8 bridgehead atoms. The Hall–Kier alpha value is -7.96. The fourth-order valence-corrected chi connectivity index (χ4v) is 14.1. The topological polar surface area (TPSA) is 214 Å². The number of nitrogens with two attached hydrogens (primary N) is 2. The Bertz CT molecular complexity index is 3650. The molecular weight excluding hydrogens is 1030 g/mol. The number of aliphatic hydroxyl groups excluding tert-OH is 2. The van der Waals surface area contributed by atoms with Gasteiger partial charge in [-0.2, -0.15) is 0 Å². The Kier molecular flexibility index (Phi) is 15.4. The maximum atomic E-state index is 15.3. The van der Waals surface area contributed by atoms with Crippen molar-refractivity contribution < 1.29 is 33.9 Å². The van der Waals surface area contributed by atoms with E-state index in [1.807, 2.05) is 36.4 Å². The second-order valence-electron chi connectivity index (χ2n) is 23.3. The number of aryl methyl sites for hydroxylation is 1. The number of H-pyrrole nitrogens is 1. The number of ether oxygens (including phenoxy) is 3. The smallest absolute Gasteiger partial charge is 0.204 e. The molecule has 1 saturated heterocycles. The summed E-state index contributed by atoms with van der Waals surface area (Å²) < 4.78 is 27.4. The molecule has 5 atom stereocenters. The van der Waals surface area contributed by atoms with Crippen LogP contribution in [0.25, 0.3) is 39.5 Å². The summed E-state index contributed by atoms with van der Waals surface area (Å²) in [5, 5.41) is 37.2. The number of hydrogen-bond donors (Lipinski definition) is 7. The van der Waals surface area contributed by atoms with Gasteiger partial charge in [-0.1, -0.05) is 110 Å². The summed E-state index contributed by atoms with van der Waals surface area (Å²) in [7, 11) is 1.52. The number of benzene rings is 5. The molecule has 2 aromatic heterocycles. The molecule has 424 valence electrons. The maximum absolute atomic E-state index is 15.3. The molecule has 3 fully saturated rings. The first-order valence-corrected chi connectivity index (χ1v) is 29.3. The molecule has 7 aromatic rings. The molecule has 5 aromatic carbocycles. The quantitative estimate of drug-likeness (QED) is 0.0366. The lowest BCUT2D eigenvalue weighted by atomic mass is 9.56. The molecule has 2 saturated carbocycles. The molecule has 14 heteroatoms. The number of nitrogens with zero attached hydrogens (tertiary/aromatic N) is 2. The summed E-state index contributed by atoms with van der Waals surface area (Å²) in [6.45, 7) is 3.29. The maximum Gasteiger partial charge on any atom is 0.204 e. The zero-order valence-corrected chi connectivity index (χ0v) is 46.9. The standard InChI is InChI=1S/C68H74N6O8/c1-3-50-38-53-46-13-9-12-43(34-46)35-48-18-23-54-64(74(32-31-71-54)65(53)72-50)68(29-27-67(28-30-68)25-7-8-26-67)49-19-15-47(55(37-49)73-66(69)70)36-44(40-75)41-81-61-58(48)60-59(56(78)39-57(82-60)45-16-21-51(76)22-17-45)62(63(61)79-2)80-33-24-52(77)20-14-42-10-5-4-6-11-42/h4-6,9-17,19-22,34,37-39,44,48,52,54,64,71-72,75-77H,3,7-8,24-33,35-36,40-41H2,1-2H3,(H4,69,70,73). The number of anilines is 1. The molecule has 2 aliphatic carbocycles. The van der Waals surface area contributed by atoms with E-state index in [2.05, 4.69) is 82.5 Å². The van der Waals surface area contributed by atoms with Crippen LogP contribution in [0.1, 0.15) is 104 Å². The summed E-state index contributed by atoms with van der Waals surface area (Å²) >= 11 is 0. The Morgan fingerprint density at radius 1 is 0.915 bits per heavy atom. The molecule has 4 aliphatic heterocycles. The van der Waals surface area contributed by atoms with Crippen molar-refractivity contribution in [2.24, 2.45) is 27.8 Å². The number of aromatic nitrogens is 1. The third-order valence-corrected chi connectivity index (χ3v) is 18.3. The predicted molar refractivity (Wildman–Crippen MR) is 323 cm³/mol. The van der Waals surface area contributed by atoms with Gasteiger partial charge in [0.05, 0.1) is 55.7 Å². The molecule has 13 rings (SSSR count). The van der Waals surface area contributed by atoms with Gasteiger partial charge in [-0.25, -0.2) is 4.99 Å². The molecule has 0 amide bonds. The van der Waals surface area contributed by atoms with Crippen LogP contribution in [0.4, 0.5) is 11.5 Å². The van der Waals surface area contributed by atoms with E-state index < -0.39 is 28.8 Å². The number of phenols is 1. The van der Waals surface area contributed by atoms with Crippen molar-refractivity contribution in [1.82, 2.24) is 10.3 Å². The Balaban J connectivity index is 1.13. The van der Waals surface area contributed by atoms with Crippen molar-refractivity contribution in [3.63, 3.8) is 0 Å². The first-order chi connectivity index (χ1) is 39.9. The highest BCUT2D eigenvalue weighted by Gasteiger charge is 2.54. The van der Waals surface area contributed by atoms with E-state index in [4.69, 9.17) is 35.1 Å². The minimum Gasteiger partial charge on any atom is -0.508 e. The normalized spacial score (nSPS) is 21.0. The highest BCUT2D eigenvalue weighted by molar-refractivity contribution is 5.94. The molecular formula is C68H74N6O8. The highest BCUT2D eigenvalue weighted by atomic mass is 16.5. The van der Waals surface area contributed by atoms with E-state index in [-0.39, 0.29) is 84.0 Å². The number of rotatable bonds is 11. The zero-order valence-electron chi connectivity index (χ0n) is 46.9. The molecule has 6 aliphatic rings. The van der Waals surface area contributed by atoms with E-state index in [0.29, 0.717) is 41.6 Å². The molecule has 82 heavy (non-hydrogen) atoms. The van der Waals surface area contributed by atoms with Gasteiger partial charge in [0.2, 0.25) is 5.75 Å². The number of fused-ring (bicyclic) bond motifs is 11. The van der Waals surface area contributed by atoms with Crippen LogP contribution in [0.15, 0.2) is 129 Å². The average molecular weight is 1100 g/mol. The Labute approximate surface area is 479 Å². The first-order valence-electron chi connectivity index (χ1n) is 29.3. The van der Waals surface area contributed by atoms with Gasteiger partial charge in [0.25, 0.3) is 0 Å². The Morgan fingerprint density at radius 3 is 2.48 bits per heavy atom. The minimum absolute atomic E-state index is 0.0163. The van der Waals surface area contributed by atoms with Crippen molar-refractivity contribution in [1.29, 1.82) is 0 Å². The van der Waals surface area contributed by atoms with Crippen LogP contribution < -0.4 is 41.3 Å². The van der Waals surface area contributed by atoms with E-state index in [1.54, 1.807) is 30.3 Å². The summed E-state index contributed by atoms with van der Waals surface area (Å²) in [5.41, 5.74) is 21.2. The van der Waals surface area contributed by atoms with E-state index >= 15 is 4.79 Å². The average Bonchev–Trinajstić information content (AvgIpc) is 2.61. The van der Waals surface area contributed by atoms with Gasteiger partial charge < -0.3 is 60.6 Å². The van der Waals surface area contributed by atoms with Crippen LogP contribution in [0.5, 0.6) is 23.0 Å². The molecule has 2 spiro atoms. The SMILES string of the molecule is CCc1cc2c([nH]1)N1CCNC3C#CC(Cc4cccc-2c4)c2c(c(OC)c(OCCC(O)C=Cc4ccccc4)c4c(=O)cc(-c5ccc(O)cc5)oc24)OCC(CO)Cc2ccc(cc2N=C(N)N)C2(CCC4(CCCC4)CC2)C31. The number of phenolic OH excluding ortho intramolecular Hbond substituents is 1. The third-order valence-electron chi connectivity index (χ3n) is 18.3. The van der Waals surface area contributed by atoms with Gasteiger partial charge in [0, 0.05) is 60.3 Å². The zero-order chi connectivity index (χ0) is 56.5. The van der Waals surface area contributed by atoms with E-state index in [9.17, 15) is 15.3 Å². The minimum atomic E-state index is -0.886. The van der Waals surface area contributed by atoms with Crippen molar-refractivity contribution in [2.75, 3.05) is 44.9 Å². The fourth-order valence-electron chi connectivity index (χ4n) is 14.1. The summed E-state index contributed by atoms with van der Waals surface area (Å²) in [4.78, 5) is 26.7. The molecule has 6 heterocycles. The predicted octanol–water partition coefficient (Wildman–Crippen LogP) is 10.6. The van der Waals surface area contributed by atoms with Crippen molar-refractivity contribution in [2.45, 2.75) is 113 Å². The largest absolute Gasteiger partial charge is 0.508 e. The number of methoxy groups -OCH3 is 1. The Morgan fingerprint density at radius 2 is 1.72 bits per heavy atom. The highest BCUT2D eigenvalue weighted by Crippen LogP contribution is 2.58. The van der Waals surface area contributed by atoms with E-state index in [1.165, 1.54) is 38.9 Å². The first kappa shape index (κ1) is 54.6. The van der Waals surface area contributed by atoms with Gasteiger partial charge in [0.1, 0.15) is 22.7 Å². The van der Waals surface area contributed by atoms with E-state index in [0.717, 1.165) is 83.5 Å². The lowest BCUT2D eigenvalue weighted by molar-refractivity contribution is 0.101. The molecule has 0 radical (unpaired) electrons. The second kappa shape index (κ2) is 23.1. The number of hydrogen-bond acceptors (Lipinski definition) is 11. The van der Waals surface area contributed by atoms with Crippen LogP contribution in [-0.2, 0) is 24.7 Å². The van der Waals surface area contributed by atoms with Crippen molar-refractivity contribution in [3.8, 4) is 57.3 Å². The number of aromatic amines is 1. The summed E-state index contributed by atoms with van der Waals surface area (Å²) in [5.74, 6) is 8.50. The lowest BCUT2D eigenvalue weighted by Crippen LogP contribution is -2.66. The summed E-state index contributed by atoms with van der Waals surface area (Å²) in [6.07, 6.45) is 13.4. The van der Waals surface area contributed by atoms with Crippen LogP contribution in [0, 0.1) is 23.2 Å². The third kappa shape index (κ3) is 10.6. The molecule has 9 N–H and O–H groups in total. The molecule has 5 unspecified atom stereocenters. The van der Waals surface area contributed by atoms with Crippen LogP contribution in [-0.4, -0.2) is 84.5 Å². The number of piperazine rings is 1. The van der Waals surface area contributed by atoms with Gasteiger partial charge in [-0.05, 0) is 127 Å². The van der Waals surface area contributed by atoms with Crippen LogP contribution in [0.2, 0.25) is 0 Å². The molecule has 14 nitrogen and oxygen atoms in total. The number of nitrogens with one attached hydrogen (secondary N) is 2. The van der Waals surface area contributed by atoms with Crippen molar-refractivity contribution in [3.05, 3.63) is 159 Å². The summed E-state index contributed by atoms with van der Waals surface area (Å²) in [6, 6.07) is 34.7. The lowest BCUT2D eigenvalue weighted by Gasteiger charge is -2.56. The van der Waals surface area contributed by atoms with Gasteiger partial charge in [-0.15, -0.1) is 0 Å². The van der Waals surface area contributed by atoms with Gasteiger partial charge in [0.15, 0.2) is 28.5 Å². The number of aromatic hydroxyl groups is 1. The van der Waals surface area contributed by atoms with Crippen LogP contribution in [0.3, 0.4) is 0 Å². The van der Waals surface area contributed by atoms with Gasteiger partial charge >= 0.3 is 0 Å². The van der Waals surface area contributed by atoms with Crippen molar-refractivity contribution >= 4 is 34.5 Å². The number of guanidine groups is 1. The number of aliphatic hydroxyl groups is 2. The van der Waals surface area contributed by atoms with Crippen LogP contribution >= 0.6 is 0 Å². The van der Waals surface area contributed by atoms with Gasteiger partial charge in [-0.3, -0.25) is 4.79 Å². The monoisotopic (exact) mass is 1100 g/mol. The second-order valence-corrected chi connectivity index (χ2v) is 23.3.